The number of carbonyl (C=O) groups excluding carboxylic acids is 1. The average molecular weight is 306 g/mol. The second kappa shape index (κ2) is 8.79. The van der Waals surface area contributed by atoms with Crippen molar-refractivity contribution in [1.29, 1.82) is 0 Å². The lowest BCUT2D eigenvalue weighted by molar-refractivity contribution is 0.0523. The van der Waals surface area contributed by atoms with Crippen molar-refractivity contribution in [3.8, 4) is 0 Å². The van der Waals surface area contributed by atoms with E-state index in [9.17, 15) is 4.79 Å². The zero-order valence-electron chi connectivity index (χ0n) is 14.5. The fourth-order valence-electron chi connectivity index (χ4n) is 1.98. The molecule has 0 bridgehead atoms. The van der Waals surface area contributed by atoms with Crippen molar-refractivity contribution >= 4 is 6.09 Å². The van der Waals surface area contributed by atoms with Crippen LogP contribution in [0.3, 0.4) is 0 Å². The van der Waals surface area contributed by atoms with Gasteiger partial charge in [-0.1, -0.05) is 44.5 Å². The Kier molecular flexibility index (Phi) is 7.39. The Labute approximate surface area is 134 Å². The number of benzene rings is 1. The van der Waals surface area contributed by atoms with Crippen LogP contribution in [0.2, 0.25) is 0 Å². The van der Waals surface area contributed by atoms with E-state index in [0.717, 1.165) is 18.7 Å². The van der Waals surface area contributed by atoms with Gasteiger partial charge in [0.15, 0.2) is 0 Å². The summed E-state index contributed by atoms with van der Waals surface area (Å²) in [6.45, 7) is 12.3. The Bertz CT molecular complexity index is 466. The maximum absolute atomic E-state index is 11.7. The zero-order valence-corrected chi connectivity index (χ0v) is 14.5. The largest absolute Gasteiger partial charge is 0.444 e. The van der Waals surface area contributed by atoms with Crippen LogP contribution in [-0.4, -0.2) is 18.2 Å². The molecule has 1 amide bonds. The van der Waals surface area contributed by atoms with E-state index in [1.165, 1.54) is 12.0 Å². The van der Waals surface area contributed by atoms with Crippen LogP contribution in [0.1, 0.15) is 52.2 Å². The summed E-state index contributed by atoms with van der Waals surface area (Å²) in [5.41, 5.74) is 1.86. The minimum Gasteiger partial charge on any atom is -0.444 e. The molecule has 0 spiro atoms. The van der Waals surface area contributed by atoms with Crippen molar-refractivity contribution in [2.45, 2.75) is 59.7 Å². The van der Waals surface area contributed by atoms with Gasteiger partial charge in [-0.05, 0) is 44.4 Å². The predicted octanol–water partition coefficient (Wildman–Crippen LogP) is 3.85. The molecule has 1 aromatic rings. The van der Waals surface area contributed by atoms with E-state index in [4.69, 9.17) is 4.74 Å². The summed E-state index contributed by atoms with van der Waals surface area (Å²) in [6, 6.07) is 8.15. The zero-order chi connectivity index (χ0) is 16.6. The molecule has 1 rings (SSSR count). The van der Waals surface area contributed by atoms with Gasteiger partial charge in [-0.25, -0.2) is 4.79 Å². The quantitative estimate of drug-likeness (QED) is 0.804. The van der Waals surface area contributed by atoms with Crippen molar-refractivity contribution < 1.29 is 9.53 Å². The third-order valence-corrected chi connectivity index (χ3v) is 3.45. The molecule has 0 radical (unpaired) electrons. The van der Waals surface area contributed by atoms with Crippen LogP contribution in [0.15, 0.2) is 24.3 Å². The van der Waals surface area contributed by atoms with Gasteiger partial charge >= 0.3 is 6.09 Å². The molecular weight excluding hydrogens is 276 g/mol. The summed E-state index contributed by atoms with van der Waals surface area (Å²) in [5.74, 6) is 0.673. The molecule has 0 aliphatic heterocycles. The molecule has 1 atom stereocenters. The highest BCUT2D eigenvalue weighted by Gasteiger charge is 2.16. The third-order valence-electron chi connectivity index (χ3n) is 3.45. The summed E-state index contributed by atoms with van der Waals surface area (Å²) in [6.07, 6.45) is 0.796. The molecule has 0 aliphatic rings. The van der Waals surface area contributed by atoms with Gasteiger partial charge < -0.3 is 15.4 Å². The van der Waals surface area contributed by atoms with Gasteiger partial charge in [0, 0.05) is 13.1 Å². The first-order chi connectivity index (χ1) is 10.3. The average Bonchev–Trinajstić information content (AvgIpc) is 2.44. The number of amides is 1. The third kappa shape index (κ3) is 7.46. The van der Waals surface area contributed by atoms with Crippen molar-refractivity contribution in [3.63, 3.8) is 0 Å². The maximum Gasteiger partial charge on any atom is 0.407 e. The van der Waals surface area contributed by atoms with Gasteiger partial charge in [0.05, 0.1) is 0 Å². The van der Waals surface area contributed by atoms with Crippen LogP contribution in [0.4, 0.5) is 4.79 Å². The van der Waals surface area contributed by atoms with Gasteiger partial charge in [0.2, 0.25) is 0 Å². The van der Waals surface area contributed by atoms with Crippen molar-refractivity contribution in [3.05, 3.63) is 35.4 Å². The van der Waals surface area contributed by atoms with Crippen LogP contribution in [0, 0.1) is 5.92 Å². The van der Waals surface area contributed by atoms with Crippen molar-refractivity contribution in [2.75, 3.05) is 6.54 Å². The maximum atomic E-state index is 11.7. The van der Waals surface area contributed by atoms with Gasteiger partial charge in [0.1, 0.15) is 5.60 Å². The number of nitrogens with one attached hydrogen (secondary N) is 2. The minimum absolute atomic E-state index is 0.380. The molecule has 124 valence electrons. The van der Waals surface area contributed by atoms with Crippen LogP contribution in [-0.2, 0) is 17.8 Å². The van der Waals surface area contributed by atoms with Crippen LogP contribution in [0.25, 0.3) is 0 Å². The van der Waals surface area contributed by atoms with E-state index in [1.54, 1.807) is 0 Å². The van der Waals surface area contributed by atoms with E-state index in [1.807, 2.05) is 39.0 Å². The summed E-state index contributed by atoms with van der Waals surface area (Å²) < 4.78 is 5.26. The second-order valence-corrected chi connectivity index (χ2v) is 6.77. The first kappa shape index (κ1) is 18.5. The molecule has 4 heteroatoms. The Balaban J connectivity index is 2.51. The highest BCUT2D eigenvalue weighted by molar-refractivity contribution is 5.67. The van der Waals surface area contributed by atoms with E-state index >= 15 is 0 Å². The Morgan fingerprint density at radius 1 is 1.18 bits per heavy atom. The molecule has 4 nitrogen and oxygen atoms in total. The standard InChI is InChI=1S/C18H30N2O2/c1-6-14(2)11-19-12-15-9-7-8-10-16(15)13-20-17(21)22-18(3,4)5/h7-10,14,19H,6,11-13H2,1-5H3,(H,20,21). The molecule has 22 heavy (non-hydrogen) atoms. The molecule has 0 saturated carbocycles. The van der Waals surface area contributed by atoms with E-state index in [2.05, 4.69) is 30.5 Å². The molecule has 0 aromatic heterocycles. The molecule has 1 aromatic carbocycles. The van der Waals surface area contributed by atoms with Crippen LogP contribution >= 0.6 is 0 Å². The lowest BCUT2D eigenvalue weighted by Crippen LogP contribution is -2.32. The lowest BCUT2D eigenvalue weighted by atomic mass is 10.1. The molecular formula is C18H30N2O2. The van der Waals surface area contributed by atoms with E-state index in [-0.39, 0.29) is 6.09 Å². The normalized spacial score (nSPS) is 12.8. The fraction of sp³-hybridized carbons (Fsp3) is 0.611. The molecule has 0 fully saturated rings. The first-order valence-electron chi connectivity index (χ1n) is 8.06. The Morgan fingerprint density at radius 2 is 1.77 bits per heavy atom. The number of ether oxygens (including phenoxy) is 1. The van der Waals surface area contributed by atoms with Gasteiger partial charge in [-0.2, -0.15) is 0 Å². The highest BCUT2D eigenvalue weighted by atomic mass is 16.6. The van der Waals surface area contributed by atoms with E-state index in [0.29, 0.717) is 12.5 Å². The highest BCUT2D eigenvalue weighted by Crippen LogP contribution is 2.10. The number of hydrogen-bond donors (Lipinski definition) is 2. The number of rotatable bonds is 7. The van der Waals surface area contributed by atoms with Gasteiger partial charge in [0.25, 0.3) is 0 Å². The number of hydrogen-bond acceptors (Lipinski definition) is 3. The molecule has 2 N–H and O–H groups in total. The van der Waals surface area contributed by atoms with E-state index < -0.39 is 5.60 Å². The SMILES string of the molecule is CCC(C)CNCc1ccccc1CNC(=O)OC(C)(C)C. The molecule has 0 aliphatic carbocycles. The van der Waals surface area contributed by atoms with Gasteiger partial charge in [-0.15, -0.1) is 0 Å². The van der Waals surface area contributed by atoms with Gasteiger partial charge in [-0.3, -0.25) is 0 Å². The minimum atomic E-state index is -0.471. The predicted molar refractivity (Wildman–Crippen MR) is 90.7 cm³/mol. The first-order valence-corrected chi connectivity index (χ1v) is 8.06. The summed E-state index contributed by atoms with van der Waals surface area (Å²) in [4.78, 5) is 11.7. The Hall–Kier alpha value is -1.55. The summed E-state index contributed by atoms with van der Waals surface area (Å²) >= 11 is 0. The smallest absolute Gasteiger partial charge is 0.407 e. The second-order valence-electron chi connectivity index (χ2n) is 6.77. The number of carbonyl (C=O) groups is 1. The molecule has 1 unspecified atom stereocenters. The summed E-state index contributed by atoms with van der Waals surface area (Å²) in [7, 11) is 0. The Morgan fingerprint density at radius 3 is 2.32 bits per heavy atom. The number of alkyl carbamates (subject to hydrolysis) is 1. The van der Waals surface area contributed by atoms with Crippen LogP contribution in [0.5, 0.6) is 0 Å². The molecule has 0 saturated heterocycles. The lowest BCUT2D eigenvalue weighted by Gasteiger charge is -2.20. The summed E-state index contributed by atoms with van der Waals surface area (Å²) in [5, 5.41) is 6.29. The monoisotopic (exact) mass is 306 g/mol. The topological polar surface area (TPSA) is 50.4 Å². The van der Waals surface area contributed by atoms with Crippen molar-refractivity contribution in [1.82, 2.24) is 10.6 Å². The van der Waals surface area contributed by atoms with Crippen molar-refractivity contribution in [2.24, 2.45) is 5.92 Å². The fourth-order valence-corrected chi connectivity index (χ4v) is 1.98. The van der Waals surface area contributed by atoms with Crippen LogP contribution < -0.4 is 10.6 Å². The molecule has 0 heterocycles.